The van der Waals surface area contributed by atoms with Crippen molar-refractivity contribution in [3.8, 4) is 11.5 Å². The Hall–Kier alpha value is -2.83. The summed E-state index contributed by atoms with van der Waals surface area (Å²) in [5.41, 5.74) is 2.47. The number of rotatable bonds is 3. The molecule has 0 unspecified atom stereocenters. The van der Waals surface area contributed by atoms with Crippen LogP contribution in [-0.4, -0.2) is 33.1 Å². The van der Waals surface area contributed by atoms with Crippen LogP contribution in [0.15, 0.2) is 30.9 Å². The van der Waals surface area contributed by atoms with Gasteiger partial charge in [-0.15, -0.1) is 0 Å². The van der Waals surface area contributed by atoms with Crippen LogP contribution in [-0.2, 0) is 6.54 Å². The lowest BCUT2D eigenvalue weighted by Gasteiger charge is -2.13. The van der Waals surface area contributed by atoms with Crippen molar-refractivity contribution in [1.82, 2.24) is 19.9 Å². The molecule has 3 heterocycles. The number of benzene rings is 1. The molecule has 0 saturated heterocycles. The number of hydrogen-bond acceptors (Lipinski definition) is 6. The summed E-state index contributed by atoms with van der Waals surface area (Å²) in [5, 5.41) is 3.30. The molecular weight excluding hydrogens is 282 g/mol. The first-order valence-electron chi connectivity index (χ1n) is 7.17. The Bertz CT molecular complexity index is 801. The third-order valence-electron chi connectivity index (χ3n) is 3.52. The van der Waals surface area contributed by atoms with Gasteiger partial charge in [0, 0.05) is 18.5 Å². The molecule has 0 fully saturated rings. The molecule has 2 aromatic heterocycles. The zero-order chi connectivity index (χ0) is 14.8. The van der Waals surface area contributed by atoms with E-state index in [1.807, 2.05) is 18.2 Å². The van der Waals surface area contributed by atoms with Crippen LogP contribution in [0.25, 0.3) is 11.2 Å². The van der Waals surface area contributed by atoms with Gasteiger partial charge in [-0.2, -0.15) is 0 Å². The van der Waals surface area contributed by atoms with Crippen LogP contribution >= 0.6 is 0 Å². The van der Waals surface area contributed by atoms with E-state index in [2.05, 4.69) is 25.3 Å². The largest absolute Gasteiger partial charge is 0.490 e. The van der Waals surface area contributed by atoms with Gasteiger partial charge in [-0.3, -0.25) is 0 Å². The summed E-state index contributed by atoms with van der Waals surface area (Å²) >= 11 is 0. The minimum atomic E-state index is 0.581. The molecule has 4 rings (SSSR count). The van der Waals surface area contributed by atoms with Crippen molar-refractivity contribution in [1.29, 1.82) is 0 Å². The highest BCUT2D eigenvalue weighted by molar-refractivity contribution is 5.81. The van der Waals surface area contributed by atoms with Gasteiger partial charge in [-0.05, 0) is 6.07 Å². The van der Waals surface area contributed by atoms with E-state index in [-0.39, 0.29) is 0 Å². The fourth-order valence-corrected chi connectivity index (χ4v) is 2.47. The summed E-state index contributed by atoms with van der Waals surface area (Å²) in [5.74, 6) is 2.32. The molecular formula is C15H15N5O2. The summed E-state index contributed by atoms with van der Waals surface area (Å²) in [4.78, 5) is 15.5. The number of aromatic nitrogens is 4. The van der Waals surface area contributed by atoms with Crippen molar-refractivity contribution >= 4 is 17.0 Å². The molecule has 112 valence electrons. The highest BCUT2D eigenvalue weighted by Crippen LogP contribution is 2.33. The van der Waals surface area contributed by atoms with E-state index in [0.717, 1.165) is 34.8 Å². The van der Waals surface area contributed by atoms with E-state index >= 15 is 0 Å². The number of imidazole rings is 1. The highest BCUT2D eigenvalue weighted by atomic mass is 16.5. The van der Waals surface area contributed by atoms with Crippen LogP contribution in [0, 0.1) is 0 Å². The second-order valence-corrected chi connectivity index (χ2v) is 4.97. The second-order valence-electron chi connectivity index (χ2n) is 4.97. The van der Waals surface area contributed by atoms with Crippen molar-refractivity contribution in [2.75, 3.05) is 18.5 Å². The van der Waals surface area contributed by atoms with Crippen molar-refractivity contribution < 1.29 is 9.47 Å². The van der Waals surface area contributed by atoms with Crippen LogP contribution in [0.5, 0.6) is 11.5 Å². The summed E-state index contributed by atoms with van der Waals surface area (Å²) in [6.07, 6.45) is 3.99. The molecule has 3 aromatic rings. The molecule has 1 aromatic carbocycles. The molecule has 0 spiro atoms. The van der Waals surface area contributed by atoms with Crippen LogP contribution in [0.2, 0.25) is 0 Å². The van der Waals surface area contributed by atoms with E-state index in [1.54, 1.807) is 6.33 Å². The lowest BCUT2D eigenvalue weighted by molar-refractivity contribution is 0.296. The standard InChI is InChI=1S/C15H15N5O2/c1-3-10(13-11(4-1)21-5-2-6-22-13)7-16-14-12-15(18-8-17-12)20-9-19-14/h1,3-4,8-9H,2,5-7H2,(H2,16,17,18,19,20). The number of ether oxygens (including phenoxy) is 2. The van der Waals surface area contributed by atoms with E-state index < -0.39 is 0 Å². The minimum Gasteiger partial charge on any atom is -0.490 e. The fourth-order valence-electron chi connectivity index (χ4n) is 2.47. The Morgan fingerprint density at radius 2 is 2.09 bits per heavy atom. The molecule has 0 aliphatic carbocycles. The van der Waals surface area contributed by atoms with Gasteiger partial charge in [0.05, 0.1) is 19.5 Å². The van der Waals surface area contributed by atoms with Crippen LogP contribution in [0.4, 0.5) is 5.82 Å². The van der Waals surface area contributed by atoms with Gasteiger partial charge in [-0.1, -0.05) is 12.1 Å². The summed E-state index contributed by atoms with van der Waals surface area (Å²) in [6.45, 7) is 1.94. The average Bonchev–Trinajstić information content (AvgIpc) is 2.90. The molecule has 0 radical (unpaired) electrons. The highest BCUT2D eigenvalue weighted by Gasteiger charge is 2.15. The molecule has 0 atom stereocenters. The molecule has 7 nitrogen and oxygen atoms in total. The second kappa shape index (κ2) is 5.51. The number of para-hydroxylation sites is 1. The molecule has 0 amide bonds. The lowest BCUT2D eigenvalue weighted by atomic mass is 10.2. The predicted octanol–water partition coefficient (Wildman–Crippen LogP) is 2.13. The maximum atomic E-state index is 5.82. The first-order chi connectivity index (χ1) is 10.9. The topological polar surface area (TPSA) is 85.0 Å². The third-order valence-corrected chi connectivity index (χ3v) is 3.52. The van der Waals surface area contributed by atoms with Crippen molar-refractivity contribution in [3.63, 3.8) is 0 Å². The minimum absolute atomic E-state index is 0.581. The molecule has 1 aliphatic rings. The Labute approximate surface area is 126 Å². The van der Waals surface area contributed by atoms with E-state index in [0.29, 0.717) is 25.4 Å². The molecule has 7 heteroatoms. The van der Waals surface area contributed by atoms with Crippen LogP contribution in [0.3, 0.4) is 0 Å². The Kier molecular flexibility index (Phi) is 3.23. The van der Waals surface area contributed by atoms with Gasteiger partial charge in [0.1, 0.15) is 11.8 Å². The zero-order valence-corrected chi connectivity index (χ0v) is 11.9. The smallest absolute Gasteiger partial charge is 0.182 e. The molecule has 2 N–H and O–H groups in total. The maximum Gasteiger partial charge on any atom is 0.182 e. The van der Waals surface area contributed by atoms with Crippen LogP contribution in [0.1, 0.15) is 12.0 Å². The molecule has 22 heavy (non-hydrogen) atoms. The first kappa shape index (κ1) is 12.9. The Balaban J connectivity index is 1.61. The number of H-pyrrole nitrogens is 1. The zero-order valence-electron chi connectivity index (χ0n) is 11.9. The first-order valence-corrected chi connectivity index (χ1v) is 7.17. The van der Waals surface area contributed by atoms with Gasteiger partial charge in [0.15, 0.2) is 23.0 Å². The van der Waals surface area contributed by atoms with Crippen molar-refractivity contribution in [3.05, 3.63) is 36.4 Å². The molecule has 0 bridgehead atoms. The normalized spacial score (nSPS) is 13.8. The third kappa shape index (κ3) is 2.30. The molecule has 1 aliphatic heterocycles. The van der Waals surface area contributed by atoms with E-state index in [4.69, 9.17) is 9.47 Å². The quantitative estimate of drug-likeness (QED) is 0.770. The number of anilines is 1. The van der Waals surface area contributed by atoms with Crippen molar-refractivity contribution in [2.24, 2.45) is 0 Å². The number of aromatic amines is 1. The van der Waals surface area contributed by atoms with Gasteiger partial charge in [0.2, 0.25) is 0 Å². The lowest BCUT2D eigenvalue weighted by Crippen LogP contribution is -2.05. The van der Waals surface area contributed by atoms with Crippen LogP contribution < -0.4 is 14.8 Å². The number of nitrogens with zero attached hydrogens (tertiary/aromatic N) is 3. The number of hydrogen-bond donors (Lipinski definition) is 2. The monoisotopic (exact) mass is 297 g/mol. The Morgan fingerprint density at radius 3 is 3.09 bits per heavy atom. The SMILES string of the molecule is c1cc(CNc2ncnc3nc[nH]c23)c2c(c1)OCCCO2. The van der Waals surface area contributed by atoms with E-state index in [1.165, 1.54) is 6.33 Å². The maximum absolute atomic E-state index is 5.82. The summed E-state index contributed by atoms with van der Waals surface area (Å²) in [6, 6.07) is 5.92. The molecule has 0 saturated carbocycles. The number of fused-ring (bicyclic) bond motifs is 2. The van der Waals surface area contributed by atoms with Crippen molar-refractivity contribution in [2.45, 2.75) is 13.0 Å². The van der Waals surface area contributed by atoms with Gasteiger partial charge in [0.25, 0.3) is 0 Å². The Morgan fingerprint density at radius 1 is 1.14 bits per heavy atom. The van der Waals surface area contributed by atoms with Gasteiger partial charge >= 0.3 is 0 Å². The van der Waals surface area contributed by atoms with Gasteiger partial charge in [-0.25, -0.2) is 15.0 Å². The van der Waals surface area contributed by atoms with Gasteiger partial charge < -0.3 is 19.8 Å². The fraction of sp³-hybridized carbons (Fsp3) is 0.267. The number of nitrogens with one attached hydrogen (secondary N) is 2. The van der Waals surface area contributed by atoms with E-state index in [9.17, 15) is 0 Å². The summed E-state index contributed by atoms with van der Waals surface area (Å²) < 4.78 is 11.5. The predicted molar refractivity (Wildman–Crippen MR) is 81.1 cm³/mol. The summed E-state index contributed by atoms with van der Waals surface area (Å²) in [7, 11) is 0. The average molecular weight is 297 g/mol.